The summed E-state index contributed by atoms with van der Waals surface area (Å²) in [6.07, 6.45) is 1.88. The van der Waals surface area contributed by atoms with Crippen LogP contribution in [0.4, 0.5) is 0 Å². The fraction of sp³-hybridized carbons (Fsp3) is 0.571. The minimum Gasteiger partial charge on any atom is -0.395 e. The average molecular weight is 237 g/mol. The van der Waals surface area contributed by atoms with Crippen LogP contribution < -0.4 is 5.32 Å². The molecule has 0 aromatic heterocycles. The maximum atomic E-state index is 9.24. The molecule has 1 unspecified atom stereocenters. The lowest BCUT2D eigenvalue weighted by Gasteiger charge is -2.17. The Morgan fingerprint density at radius 1 is 1.29 bits per heavy atom. The van der Waals surface area contributed by atoms with E-state index in [-0.39, 0.29) is 12.6 Å². The van der Waals surface area contributed by atoms with E-state index < -0.39 is 0 Å². The minimum atomic E-state index is 0.111. The first-order valence-corrected chi connectivity index (χ1v) is 6.21. The molecule has 1 aromatic carbocycles. The highest BCUT2D eigenvalue weighted by Gasteiger charge is 2.07. The van der Waals surface area contributed by atoms with Crippen molar-refractivity contribution in [3.05, 3.63) is 35.4 Å². The van der Waals surface area contributed by atoms with Crippen molar-refractivity contribution in [1.29, 1.82) is 0 Å². The van der Waals surface area contributed by atoms with Crippen molar-refractivity contribution < 1.29 is 9.84 Å². The van der Waals surface area contributed by atoms with Crippen LogP contribution in [0.5, 0.6) is 0 Å². The zero-order valence-electron chi connectivity index (χ0n) is 10.8. The maximum Gasteiger partial charge on any atom is 0.0585 e. The van der Waals surface area contributed by atoms with Gasteiger partial charge < -0.3 is 15.2 Å². The molecule has 3 heteroatoms. The molecule has 96 valence electrons. The number of rotatable bonds is 8. The second-order valence-electron chi connectivity index (χ2n) is 4.16. The Balaban J connectivity index is 2.47. The molecule has 3 nitrogen and oxygen atoms in total. The van der Waals surface area contributed by atoms with Crippen molar-refractivity contribution in [2.75, 3.05) is 20.3 Å². The Morgan fingerprint density at radius 2 is 2.00 bits per heavy atom. The van der Waals surface area contributed by atoms with Crippen LogP contribution in [0.1, 0.15) is 24.5 Å². The molecule has 0 heterocycles. The number of aliphatic hydroxyl groups excluding tert-OH is 1. The summed E-state index contributed by atoms with van der Waals surface area (Å²) in [7, 11) is 1.68. The molecule has 17 heavy (non-hydrogen) atoms. The number of hydrogen-bond acceptors (Lipinski definition) is 3. The normalized spacial score (nSPS) is 12.6. The maximum absolute atomic E-state index is 9.24. The van der Waals surface area contributed by atoms with Crippen molar-refractivity contribution in [3.8, 4) is 0 Å². The predicted octanol–water partition coefficient (Wildman–Crippen LogP) is 1.74. The lowest BCUT2D eigenvalue weighted by Crippen LogP contribution is -2.33. The van der Waals surface area contributed by atoms with Crippen molar-refractivity contribution in [1.82, 2.24) is 5.32 Å². The average Bonchev–Trinajstić information content (AvgIpc) is 2.39. The standard InChI is InChI=1S/C14H23NO2/c1-3-12-6-4-5-7-13(12)10-15-14(11-16)8-9-17-2/h4-7,14-16H,3,8-11H2,1-2H3. The van der Waals surface area contributed by atoms with E-state index >= 15 is 0 Å². The molecule has 0 spiro atoms. The van der Waals surface area contributed by atoms with Gasteiger partial charge in [0.15, 0.2) is 0 Å². The number of ether oxygens (including phenoxy) is 1. The van der Waals surface area contributed by atoms with Crippen LogP contribution in [0, 0.1) is 0 Å². The minimum absolute atomic E-state index is 0.111. The van der Waals surface area contributed by atoms with Gasteiger partial charge in [0.2, 0.25) is 0 Å². The Bertz CT molecular complexity index is 315. The predicted molar refractivity (Wildman–Crippen MR) is 70.0 cm³/mol. The second kappa shape index (κ2) is 8.23. The number of methoxy groups -OCH3 is 1. The summed E-state index contributed by atoms with van der Waals surface area (Å²) in [6, 6.07) is 8.52. The molecular weight excluding hydrogens is 214 g/mol. The van der Waals surface area contributed by atoms with E-state index in [1.54, 1.807) is 7.11 Å². The van der Waals surface area contributed by atoms with Gasteiger partial charge in [0.05, 0.1) is 6.61 Å². The van der Waals surface area contributed by atoms with Crippen molar-refractivity contribution in [2.45, 2.75) is 32.4 Å². The lowest BCUT2D eigenvalue weighted by molar-refractivity contribution is 0.159. The second-order valence-corrected chi connectivity index (χ2v) is 4.16. The molecular formula is C14H23NO2. The van der Waals surface area contributed by atoms with Crippen LogP contribution >= 0.6 is 0 Å². The third-order valence-electron chi connectivity index (χ3n) is 2.97. The summed E-state index contributed by atoms with van der Waals surface area (Å²) < 4.78 is 5.02. The quantitative estimate of drug-likeness (QED) is 0.723. The van der Waals surface area contributed by atoms with Crippen LogP contribution in [-0.2, 0) is 17.7 Å². The molecule has 0 saturated heterocycles. The zero-order chi connectivity index (χ0) is 12.5. The number of nitrogens with one attached hydrogen (secondary N) is 1. The highest BCUT2D eigenvalue weighted by Crippen LogP contribution is 2.09. The molecule has 1 rings (SSSR count). The van der Waals surface area contributed by atoms with Gasteiger partial charge in [0, 0.05) is 26.3 Å². The molecule has 0 aliphatic heterocycles. The Hall–Kier alpha value is -0.900. The van der Waals surface area contributed by atoms with E-state index in [1.807, 2.05) is 0 Å². The van der Waals surface area contributed by atoms with Crippen molar-refractivity contribution in [3.63, 3.8) is 0 Å². The smallest absolute Gasteiger partial charge is 0.0585 e. The number of hydrogen-bond donors (Lipinski definition) is 2. The first-order valence-electron chi connectivity index (χ1n) is 6.21. The summed E-state index contributed by atoms with van der Waals surface area (Å²) in [6.45, 7) is 3.79. The van der Waals surface area contributed by atoms with Gasteiger partial charge in [0.1, 0.15) is 0 Å². The van der Waals surface area contributed by atoms with Crippen LogP contribution in [0.15, 0.2) is 24.3 Å². The Morgan fingerprint density at radius 3 is 2.59 bits per heavy atom. The fourth-order valence-corrected chi connectivity index (χ4v) is 1.85. The molecule has 0 fully saturated rings. The summed E-state index contributed by atoms with van der Waals surface area (Å²) in [4.78, 5) is 0. The van der Waals surface area contributed by atoms with Crippen molar-refractivity contribution >= 4 is 0 Å². The largest absolute Gasteiger partial charge is 0.395 e. The van der Waals surface area contributed by atoms with Crippen LogP contribution in [0.25, 0.3) is 0 Å². The summed E-state index contributed by atoms with van der Waals surface area (Å²) in [5.74, 6) is 0. The molecule has 0 amide bonds. The molecule has 0 bridgehead atoms. The van der Waals surface area contributed by atoms with E-state index in [1.165, 1.54) is 11.1 Å². The molecule has 1 atom stereocenters. The van der Waals surface area contributed by atoms with Gasteiger partial charge >= 0.3 is 0 Å². The molecule has 2 N–H and O–H groups in total. The summed E-state index contributed by atoms with van der Waals surface area (Å²) >= 11 is 0. The summed E-state index contributed by atoms with van der Waals surface area (Å²) in [5.41, 5.74) is 2.68. The van der Waals surface area contributed by atoms with Gasteiger partial charge in [0.25, 0.3) is 0 Å². The first-order chi connectivity index (χ1) is 8.31. The third-order valence-corrected chi connectivity index (χ3v) is 2.97. The molecule has 0 saturated carbocycles. The third kappa shape index (κ3) is 4.86. The van der Waals surface area contributed by atoms with E-state index in [9.17, 15) is 5.11 Å². The van der Waals surface area contributed by atoms with Gasteiger partial charge in [-0.3, -0.25) is 0 Å². The van der Waals surface area contributed by atoms with Gasteiger partial charge in [-0.25, -0.2) is 0 Å². The molecule has 1 aromatic rings. The number of aryl methyl sites for hydroxylation is 1. The van der Waals surface area contributed by atoms with Gasteiger partial charge in [-0.05, 0) is 24.0 Å². The van der Waals surface area contributed by atoms with Gasteiger partial charge in [-0.15, -0.1) is 0 Å². The van der Waals surface area contributed by atoms with E-state index in [0.29, 0.717) is 6.61 Å². The Kier molecular flexibility index (Phi) is 6.86. The van der Waals surface area contributed by atoms with Crippen LogP contribution in [0.3, 0.4) is 0 Å². The zero-order valence-corrected chi connectivity index (χ0v) is 10.8. The van der Waals surface area contributed by atoms with E-state index in [2.05, 4.69) is 36.5 Å². The highest BCUT2D eigenvalue weighted by molar-refractivity contribution is 5.26. The lowest BCUT2D eigenvalue weighted by atomic mass is 10.0. The van der Waals surface area contributed by atoms with Crippen molar-refractivity contribution in [2.24, 2.45) is 0 Å². The highest BCUT2D eigenvalue weighted by atomic mass is 16.5. The van der Waals surface area contributed by atoms with Gasteiger partial charge in [-0.1, -0.05) is 31.2 Å². The summed E-state index contributed by atoms with van der Waals surface area (Å²) in [5, 5.41) is 12.6. The molecule has 0 aliphatic carbocycles. The topological polar surface area (TPSA) is 41.5 Å². The van der Waals surface area contributed by atoms with Crippen LogP contribution in [-0.4, -0.2) is 31.5 Å². The van der Waals surface area contributed by atoms with E-state index in [0.717, 1.165) is 19.4 Å². The van der Waals surface area contributed by atoms with Crippen LogP contribution in [0.2, 0.25) is 0 Å². The monoisotopic (exact) mass is 237 g/mol. The SMILES string of the molecule is CCc1ccccc1CNC(CO)CCOC. The van der Waals surface area contributed by atoms with E-state index in [4.69, 9.17) is 4.74 Å². The fourth-order valence-electron chi connectivity index (χ4n) is 1.85. The molecule has 0 aliphatic rings. The number of benzene rings is 1. The van der Waals surface area contributed by atoms with Gasteiger partial charge in [-0.2, -0.15) is 0 Å². The Labute approximate surface area is 104 Å². The molecule has 0 radical (unpaired) electrons. The number of aliphatic hydroxyl groups is 1. The first kappa shape index (κ1) is 14.2.